The number of aromatic amines is 1. The average molecular weight is 552 g/mol. The first-order chi connectivity index (χ1) is 17.7. The molecule has 13 nitrogen and oxygen atoms in total. The molecule has 0 spiro atoms. The Morgan fingerprint density at radius 1 is 1.05 bits per heavy atom. The number of aryl methyl sites for hydroxylation is 1. The van der Waals surface area contributed by atoms with Crippen molar-refractivity contribution in [2.45, 2.75) is 22.7 Å². The predicted molar refractivity (Wildman–Crippen MR) is 136 cm³/mol. The Hall–Kier alpha value is -3.11. The highest BCUT2D eigenvalue weighted by Crippen LogP contribution is 2.23. The molecule has 0 unspecified atom stereocenters. The molecule has 4 rings (SSSR count). The monoisotopic (exact) mass is 551 g/mol. The number of hydrogen-bond donors (Lipinski definition) is 3. The number of aromatic nitrogens is 4. The van der Waals surface area contributed by atoms with Gasteiger partial charge in [0.05, 0.1) is 36.2 Å². The fourth-order valence-electron chi connectivity index (χ4n) is 3.60. The van der Waals surface area contributed by atoms with E-state index in [4.69, 9.17) is 9.47 Å². The molecule has 37 heavy (non-hydrogen) atoms. The van der Waals surface area contributed by atoms with Gasteiger partial charge in [-0.05, 0) is 24.6 Å². The molecule has 1 aliphatic heterocycles. The van der Waals surface area contributed by atoms with Crippen LogP contribution in [-0.2, 0) is 35.1 Å². The number of benzene rings is 1. The first kappa shape index (κ1) is 26.9. The van der Waals surface area contributed by atoms with Crippen LogP contribution in [-0.4, -0.2) is 87.9 Å². The Balaban J connectivity index is 1.56. The molecule has 15 heteroatoms. The molecule has 1 aliphatic rings. The van der Waals surface area contributed by atoms with Gasteiger partial charge >= 0.3 is 0 Å². The number of nitrogens with zero attached hydrogens (tertiary/aromatic N) is 4. The number of sulfone groups is 1. The standard InChI is InChI=1S/C22H29N7O6S2/c1-16-13-21(28-27-16)24-20-14-19(23-7-10-34-2)25-22(26-20)36(30,31)15-17-3-5-18(6-4-17)37(32,33)29-8-11-35-12-9-29/h3-6,13-14H,7-12,15H2,1-2H3,(H3,23,24,25,26,27,28). The highest BCUT2D eigenvalue weighted by atomic mass is 32.2. The first-order valence-electron chi connectivity index (χ1n) is 11.5. The van der Waals surface area contributed by atoms with E-state index in [-0.39, 0.29) is 29.0 Å². The van der Waals surface area contributed by atoms with Crippen LogP contribution in [0.15, 0.2) is 46.5 Å². The minimum absolute atomic E-state index is 0.0949. The summed E-state index contributed by atoms with van der Waals surface area (Å²) in [5.41, 5.74) is 1.16. The van der Waals surface area contributed by atoms with E-state index < -0.39 is 25.6 Å². The van der Waals surface area contributed by atoms with Crippen LogP contribution in [0.3, 0.4) is 0 Å². The Kier molecular flexibility index (Phi) is 8.39. The van der Waals surface area contributed by atoms with Crippen molar-refractivity contribution in [3.8, 4) is 0 Å². The van der Waals surface area contributed by atoms with Crippen molar-refractivity contribution >= 4 is 37.3 Å². The fraction of sp³-hybridized carbons (Fsp3) is 0.409. The van der Waals surface area contributed by atoms with Gasteiger partial charge < -0.3 is 20.1 Å². The summed E-state index contributed by atoms with van der Waals surface area (Å²) in [6.07, 6.45) is 0. The molecule has 2 aromatic heterocycles. The Morgan fingerprint density at radius 3 is 2.41 bits per heavy atom. The molecule has 3 heterocycles. The third-order valence-electron chi connectivity index (χ3n) is 5.45. The molecule has 0 amide bonds. The van der Waals surface area contributed by atoms with Crippen molar-refractivity contribution in [1.29, 1.82) is 0 Å². The average Bonchev–Trinajstić information content (AvgIpc) is 3.29. The van der Waals surface area contributed by atoms with E-state index in [2.05, 4.69) is 30.8 Å². The summed E-state index contributed by atoms with van der Waals surface area (Å²) in [6.45, 7) is 3.85. The number of morpholine rings is 1. The van der Waals surface area contributed by atoms with Gasteiger partial charge in [-0.1, -0.05) is 12.1 Å². The maximum atomic E-state index is 13.3. The summed E-state index contributed by atoms with van der Waals surface area (Å²) in [6, 6.07) is 9.12. The summed E-state index contributed by atoms with van der Waals surface area (Å²) in [7, 11) is -6.10. The molecule has 0 bridgehead atoms. The van der Waals surface area contributed by atoms with Crippen LogP contribution >= 0.6 is 0 Å². The SMILES string of the molecule is COCCNc1cc(Nc2cc(C)n[nH]2)nc(S(=O)(=O)Cc2ccc(S(=O)(=O)N3CCOCC3)cc2)n1. The van der Waals surface area contributed by atoms with Gasteiger partial charge in [0.1, 0.15) is 17.5 Å². The predicted octanol–water partition coefficient (Wildman–Crippen LogP) is 1.30. The Morgan fingerprint density at radius 2 is 1.76 bits per heavy atom. The van der Waals surface area contributed by atoms with Gasteiger partial charge in [-0.2, -0.15) is 9.40 Å². The normalized spacial score (nSPS) is 15.0. The van der Waals surface area contributed by atoms with Crippen LogP contribution in [0.2, 0.25) is 0 Å². The molecule has 0 atom stereocenters. The van der Waals surface area contributed by atoms with Crippen LogP contribution in [0.25, 0.3) is 0 Å². The summed E-state index contributed by atoms with van der Waals surface area (Å²) in [5.74, 6) is 0.689. The van der Waals surface area contributed by atoms with Crippen LogP contribution in [0.1, 0.15) is 11.3 Å². The minimum Gasteiger partial charge on any atom is -0.383 e. The van der Waals surface area contributed by atoms with E-state index in [1.165, 1.54) is 28.6 Å². The number of H-pyrrole nitrogens is 1. The van der Waals surface area contributed by atoms with Crippen molar-refractivity contribution in [1.82, 2.24) is 24.5 Å². The topological polar surface area (TPSA) is 168 Å². The first-order valence-corrected chi connectivity index (χ1v) is 14.6. The number of ether oxygens (including phenoxy) is 2. The van der Waals surface area contributed by atoms with Gasteiger partial charge in [-0.15, -0.1) is 0 Å². The zero-order valence-corrected chi connectivity index (χ0v) is 22.1. The van der Waals surface area contributed by atoms with Gasteiger partial charge in [-0.25, -0.2) is 26.8 Å². The van der Waals surface area contributed by atoms with Crippen LogP contribution in [0.5, 0.6) is 0 Å². The van der Waals surface area contributed by atoms with Crippen molar-refractivity contribution < 1.29 is 26.3 Å². The second kappa shape index (κ2) is 11.5. The molecule has 0 saturated carbocycles. The van der Waals surface area contributed by atoms with Crippen LogP contribution in [0.4, 0.5) is 17.5 Å². The Labute approximate surface area is 215 Å². The summed E-state index contributed by atoms with van der Waals surface area (Å²) in [4.78, 5) is 8.50. The van der Waals surface area contributed by atoms with E-state index in [0.29, 0.717) is 43.6 Å². The lowest BCUT2D eigenvalue weighted by atomic mass is 10.2. The zero-order valence-electron chi connectivity index (χ0n) is 20.5. The number of nitrogens with one attached hydrogen (secondary N) is 3. The summed E-state index contributed by atoms with van der Waals surface area (Å²) >= 11 is 0. The summed E-state index contributed by atoms with van der Waals surface area (Å²) < 4.78 is 63.8. The lowest BCUT2D eigenvalue weighted by molar-refractivity contribution is 0.0730. The molecule has 3 aromatic rings. The lowest BCUT2D eigenvalue weighted by Gasteiger charge is -2.26. The highest BCUT2D eigenvalue weighted by molar-refractivity contribution is 7.90. The maximum absolute atomic E-state index is 13.3. The number of methoxy groups -OCH3 is 1. The van der Waals surface area contributed by atoms with Crippen molar-refractivity contribution in [3.05, 3.63) is 47.7 Å². The van der Waals surface area contributed by atoms with Gasteiger partial charge in [0, 0.05) is 38.9 Å². The number of anilines is 3. The molecule has 3 N–H and O–H groups in total. The molecule has 1 fully saturated rings. The zero-order chi connectivity index (χ0) is 26.5. The molecule has 200 valence electrons. The number of hydrogen-bond acceptors (Lipinski definition) is 11. The summed E-state index contributed by atoms with van der Waals surface area (Å²) in [5, 5.41) is 12.5. The van der Waals surface area contributed by atoms with E-state index in [1.54, 1.807) is 19.2 Å². The van der Waals surface area contributed by atoms with Gasteiger partial charge in [0.15, 0.2) is 0 Å². The third kappa shape index (κ3) is 6.81. The molecule has 1 saturated heterocycles. The molecular weight excluding hydrogens is 522 g/mol. The molecule has 0 aliphatic carbocycles. The second-order valence-electron chi connectivity index (χ2n) is 8.31. The third-order valence-corrected chi connectivity index (χ3v) is 8.82. The molecular formula is C22H29N7O6S2. The maximum Gasteiger partial charge on any atom is 0.251 e. The van der Waals surface area contributed by atoms with E-state index in [0.717, 1.165) is 5.69 Å². The van der Waals surface area contributed by atoms with E-state index in [9.17, 15) is 16.8 Å². The van der Waals surface area contributed by atoms with Gasteiger partial charge in [-0.3, -0.25) is 5.10 Å². The molecule has 0 radical (unpaired) electrons. The van der Waals surface area contributed by atoms with E-state index >= 15 is 0 Å². The van der Waals surface area contributed by atoms with Gasteiger partial charge in [0.25, 0.3) is 5.16 Å². The fourth-order valence-corrected chi connectivity index (χ4v) is 6.24. The lowest BCUT2D eigenvalue weighted by Crippen LogP contribution is -2.40. The Bertz CT molecular complexity index is 1420. The van der Waals surface area contributed by atoms with Gasteiger partial charge in [0.2, 0.25) is 19.9 Å². The molecule has 1 aromatic carbocycles. The van der Waals surface area contributed by atoms with Crippen LogP contribution in [0, 0.1) is 6.92 Å². The van der Waals surface area contributed by atoms with Crippen molar-refractivity contribution in [2.75, 3.05) is 57.2 Å². The quantitative estimate of drug-likeness (QED) is 0.232. The minimum atomic E-state index is -3.98. The smallest absolute Gasteiger partial charge is 0.251 e. The largest absolute Gasteiger partial charge is 0.383 e. The highest BCUT2D eigenvalue weighted by Gasteiger charge is 2.27. The second-order valence-corrected chi connectivity index (χ2v) is 12.1. The van der Waals surface area contributed by atoms with Crippen molar-refractivity contribution in [3.63, 3.8) is 0 Å². The number of rotatable bonds is 11. The van der Waals surface area contributed by atoms with Crippen LogP contribution < -0.4 is 10.6 Å². The van der Waals surface area contributed by atoms with E-state index in [1.807, 2.05) is 6.92 Å². The number of sulfonamides is 1. The van der Waals surface area contributed by atoms with Crippen molar-refractivity contribution in [2.24, 2.45) is 0 Å².